The average Bonchev–Trinajstić information content (AvgIpc) is 2.06. The van der Waals surface area contributed by atoms with Gasteiger partial charge < -0.3 is 0 Å². The van der Waals surface area contributed by atoms with E-state index in [1.807, 2.05) is 12.2 Å². The highest BCUT2D eigenvalue weighted by atomic mass is 15.1. The summed E-state index contributed by atoms with van der Waals surface area (Å²) in [7, 11) is 0. The van der Waals surface area contributed by atoms with E-state index in [0.717, 1.165) is 26.1 Å². The molecule has 0 aromatic carbocycles. The standard InChI is InChI=1S/C11H20N/c1-4-7-8-11-12(9-5-2)10-6-3/h5-6H,1-4,7-11H2. The maximum Gasteiger partial charge on any atom is 0.0163 e. The topological polar surface area (TPSA) is 3.24 Å². The molecule has 69 valence electrons. The van der Waals surface area contributed by atoms with Gasteiger partial charge in [0.15, 0.2) is 0 Å². The van der Waals surface area contributed by atoms with Crippen LogP contribution in [0.4, 0.5) is 0 Å². The molecular weight excluding hydrogens is 146 g/mol. The van der Waals surface area contributed by atoms with Crippen LogP contribution in [0.25, 0.3) is 0 Å². The fourth-order valence-electron chi connectivity index (χ4n) is 1.13. The van der Waals surface area contributed by atoms with Crippen molar-refractivity contribution in [3.8, 4) is 0 Å². The molecule has 12 heavy (non-hydrogen) atoms. The third kappa shape index (κ3) is 6.17. The summed E-state index contributed by atoms with van der Waals surface area (Å²) in [5.74, 6) is 0. The highest BCUT2D eigenvalue weighted by Gasteiger charge is 1.98. The van der Waals surface area contributed by atoms with Gasteiger partial charge in [0.05, 0.1) is 0 Å². The van der Waals surface area contributed by atoms with E-state index < -0.39 is 0 Å². The molecular formula is C11H20N. The third-order valence-electron chi connectivity index (χ3n) is 1.75. The fraction of sp³-hybridized carbons (Fsp3) is 0.545. The lowest BCUT2D eigenvalue weighted by atomic mass is 10.2. The summed E-state index contributed by atoms with van der Waals surface area (Å²) in [6.45, 7) is 14.3. The van der Waals surface area contributed by atoms with Crippen molar-refractivity contribution in [2.24, 2.45) is 0 Å². The van der Waals surface area contributed by atoms with Crippen LogP contribution in [-0.4, -0.2) is 24.5 Å². The molecule has 0 fully saturated rings. The smallest absolute Gasteiger partial charge is 0.0163 e. The molecule has 0 amide bonds. The average molecular weight is 166 g/mol. The third-order valence-corrected chi connectivity index (χ3v) is 1.75. The van der Waals surface area contributed by atoms with Gasteiger partial charge in [0.2, 0.25) is 0 Å². The number of unbranched alkanes of at least 4 members (excludes halogenated alkanes) is 2. The fourth-order valence-corrected chi connectivity index (χ4v) is 1.13. The zero-order valence-electron chi connectivity index (χ0n) is 7.97. The van der Waals surface area contributed by atoms with Crippen molar-refractivity contribution in [1.29, 1.82) is 0 Å². The first-order chi connectivity index (χ1) is 5.85. The molecule has 0 N–H and O–H groups in total. The predicted molar refractivity (Wildman–Crippen MR) is 56.0 cm³/mol. The van der Waals surface area contributed by atoms with Gasteiger partial charge in [-0.2, -0.15) is 0 Å². The lowest BCUT2D eigenvalue weighted by Crippen LogP contribution is -2.24. The second-order valence-corrected chi connectivity index (χ2v) is 2.90. The summed E-state index contributed by atoms with van der Waals surface area (Å²) in [6.07, 6.45) is 7.35. The largest absolute Gasteiger partial charge is 0.296 e. The van der Waals surface area contributed by atoms with Gasteiger partial charge in [0.1, 0.15) is 0 Å². The van der Waals surface area contributed by atoms with Gasteiger partial charge in [0.25, 0.3) is 0 Å². The molecule has 1 radical (unpaired) electrons. The Morgan fingerprint density at radius 1 is 1.00 bits per heavy atom. The van der Waals surface area contributed by atoms with E-state index >= 15 is 0 Å². The quantitative estimate of drug-likeness (QED) is 0.396. The molecule has 0 spiro atoms. The number of rotatable bonds is 8. The highest BCUT2D eigenvalue weighted by Crippen LogP contribution is 1.98. The van der Waals surface area contributed by atoms with E-state index in [9.17, 15) is 0 Å². The van der Waals surface area contributed by atoms with E-state index in [-0.39, 0.29) is 0 Å². The summed E-state index contributed by atoms with van der Waals surface area (Å²) in [4.78, 5) is 2.33. The van der Waals surface area contributed by atoms with Crippen LogP contribution in [0.3, 0.4) is 0 Å². The lowest BCUT2D eigenvalue weighted by molar-refractivity contribution is 0.327. The van der Waals surface area contributed by atoms with Gasteiger partial charge >= 0.3 is 0 Å². The molecule has 0 saturated carbocycles. The first-order valence-corrected chi connectivity index (χ1v) is 4.58. The van der Waals surface area contributed by atoms with Crippen molar-refractivity contribution in [3.05, 3.63) is 32.2 Å². The summed E-state index contributed by atoms with van der Waals surface area (Å²) in [6, 6.07) is 0. The zero-order chi connectivity index (χ0) is 9.23. The molecule has 0 heterocycles. The molecule has 0 aliphatic carbocycles. The van der Waals surface area contributed by atoms with Gasteiger partial charge in [0, 0.05) is 13.1 Å². The molecule has 1 heteroatoms. The van der Waals surface area contributed by atoms with E-state index in [0.29, 0.717) is 0 Å². The van der Waals surface area contributed by atoms with Crippen molar-refractivity contribution in [3.63, 3.8) is 0 Å². The van der Waals surface area contributed by atoms with Gasteiger partial charge in [-0.05, 0) is 13.0 Å². The number of hydrogen-bond acceptors (Lipinski definition) is 1. The van der Waals surface area contributed by atoms with Crippen LogP contribution in [-0.2, 0) is 0 Å². The summed E-state index contributed by atoms with van der Waals surface area (Å²) < 4.78 is 0. The Morgan fingerprint density at radius 3 is 2.00 bits per heavy atom. The molecule has 1 nitrogen and oxygen atoms in total. The molecule has 0 aromatic rings. The monoisotopic (exact) mass is 166 g/mol. The maximum absolute atomic E-state index is 3.82. The second kappa shape index (κ2) is 8.54. The summed E-state index contributed by atoms with van der Waals surface area (Å²) >= 11 is 0. The number of hydrogen-bond donors (Lipinski definition) is 0. The van der Waals surface area contributed by atoms with E-state index in [2.05, 4.69) is 25.0 Å². The van der Waals surface area contributed by atoms with Crippen LogP contribution in [0.2, 0.25) is 0 Å². The summed E-state index contributed by atoms with van der Waals surface area (Å²) in [5, 5.41) is 0. The molecule has 0 rings (SSSR count). The Morgan fingerprint density at radius 2 is 1.58 bits per heavy atom. The van der Waals surface area contributed by atoms with Crippen LogP contribution >= 0.6 is 0 Å². The predicted octanol–water partition coefficient (Wildman–Crippen LogP) is 2.66. The van der Waals surface area contributed by atoms with Crippen LogP contribution < -0.4 is 0 Å². The van der Waals surface area contributed by atoms with Crippen molar-refractivity contribution < 1.29 is 0 Å². The summed E-state index contributed by atoms with van der Waals surface area (Å²) in [5.41, 5.74) is 0. The van der Waals surface area contributed by atoms with Gasteiger partial charge in [-0.25, -0.2) is 0 Å². The Kier molecular flexibility index (Phi) is 8.14. The van der Waals surface area contributed by atoms with Crippen molar-refractivity contribution >= 4 is 0 Å². The minimum atomic E-state index is 0.961. The van der Waals surface area contributed by atoms with Gasteiger partial charge in [-0.3, -0.25) is 4.90 Å². The van der Waals surface area contributed by atoms with Crippen LogP contribution in [0, 0.1) is 6.92 Å². The van der Waals surface area contributed by atoms with Gasteiger partial charge in [-0.15, -0.1) is 13.2 Å². The van der Waals surface area contributed by atoms with Crippen LogP contribution in [0.15, 0.2) is 25.3 Å². The van der Waals surface area contributed by atoms with Crippen molar-refractivity contribution in [2.45, 2.75) is 19.3 Å². The Hall–Kier alpha value is -0.560. The van der Waals surface area contributed by atoms with E-state index in [1.165, 1.54) is 12.8 Å². The molecule has 0 bridgehead atoms. The molecule has 0 atom stereocenters. The Balaban J connectivity index is 3.47. The minimum Gasteiger partial charge on any atom is -0.296 e. The molecule has 0 aromatic heterocycles. The zero-order valence-corrected chi connectivity index (χ0v) is 7.97. The normalized spacial score (nSPS) is 10.2. The van der Waals surface area contributed by atoms with Crippen molar-refractivity contribution in [1.82, 2.24) is 4.90 Å². The van der Waals surface area contributed by atoms with Crippen LogP contribution in [0.5, 0.6) is 0 Å². The molecule has 0 saturated heterocycles. The van der Waals surface area contributed by atoms with E-state index in [4.69, 9.17) is 0 Å². The Bertz CT molecular complexity index is 108. The molecule has 0 unspecified atom stereocenters. The SMILES string of the molecule is [CH2]CCCCN(CC=C)CC=C. The molecule has 0 aliphatic rings. The molecule has 0 aliphatic heterocycles. The Labute approximate surface area is 76.8 Å². The van der Waals surface area contributed by atoms with E-state index in [1.54, 1.807) is 0 Å². The van der Waals surface area contributed by atoms with Gasteiger partial charge in [-0.1, -0.05) is 31.9 Å². The lowest BCUT2D eigenvalue weighted by Gasteiger charge is -2.17. The van der Waals surface area contributed by atoms with Crippen LogP contribution in [0.1, 0.15) is 19.3 Å². The first-order valence-electron chi connectivity index (χ1n) is 4.58. The number of nitrogens with zero attached hydrogens (tertiary/aromatic N) is 1. The second-order valence-electron chi connectivity index (χ2n) is 2.90. The van der Waals surface area contributed by atoms with Crippen molar-refractivity contribution in [2.75, 3.05) is 19.6 Å². The first kappa shape index (κ1) is 11.4. The highest BCUT2D eigenvalue weighted by molar-refractivity contribution is 4.79. The minimum absolute atomic E-state index is 0.961. The maximum atomic E-state index is 3.82.